The highest BCUT2D eigenvalue weighted by Gasteiger charge is 2.10. The number of benzene rings is 1. The van der Waals surface area contributed by atoms with Crippen LogP contribution in [0.2, 0.25) is 5.02 Å². The van der Waals surface area contributed by atoms with Crippen molar-refractivity contribution in [3.05, 3.63) is 28.8 Å². The Balaban J connectivity index is 2.94. The van der Waals surface area contributed by atoms with Crippen LogP contribution in [-0.4, -0.2) is 30.8 Å². The largest absolute Gasteiger partial charge is 0.395 e. The fourth-order valence-electron chi connectivity index (χ4n) is 1.86. The molecule has 1 aromatic rings. The van der Waals surface area contributed by atoms with Crippen molar-refractivity contribution in [2.24, 2.45) is 0 Å². The van der Waals surface area contributed by atoms with Crippen molar-refractivity contribution in [2.75, 3.05) is 24.6 Å². The number of aliphatic hydroxyl groups is 1. The molecule has 102 valence electrons. The van der Waals surface area contributed by atoms with Crippen molar-refractivity contribution in [3.8, 4) is 0 Å². The number of nitrogens with one attached hydrogen (secondary N) is 1. The molecule has 0 atom stereocenters. The van der Waals surface area contributed by atoms with Gasteiger partial charge < -0.3 is 15.3 Å². The van der Waals surface area contributed by atoms with E-state index in [1.165, 1.54) is 5.56 Å². The molecule has 0 aliphatic rings. The predicted octanol–water partition coefficient (Wildman–Crippen LogP) is 2.66. The van der Waals surface area contributed by atoms with Gasteiger partial charge in [0.2, 0.25) is 0 Å². The van der Waals surface area contributed by atoms with Crippen molar-refractivity contribution in [2.45, 2.75) is 33.4 Å². The lowest BCUT2D eigenvalue weighted by Gasteiger charge is -2.25. The Labute approximate surface area is 115 Å². The number of halogens is 1. The van der Waals surface area contributed by atoms with Crippen molar-refractivity contribution in [1.29, 1.82) is 0 Å². The molecular weight excluding hydrogens is 248 g/mol. The first-order chi connectivity index (χ1) is 8.58. The van der Waals surface area contributed by atoms with Gasteiger partial charge in [0.15, 0.2) is 0 Å². The molecule has 0 aliphatic carbocycles. The Kier molecular flexibility index (Phi) is 6.47. The standard InChI is InChI=1S/C14H23ClN2O/c1-4-17(7-8-18)14-9-13(15)6-5-12(14)10-16-11(2)3/h5-6,9,11,16,18H,4,7-8,10H2,1-3H3. The number of likely N-dealkylation sites (N-methyl/N-ethyl adjacent to an activating group) is 1. The first-order valence-electron chi connectivity index (χ1n) is 6.46. The van der Waals surface area contributed by atoms with Crippen LogP contribution >= 0.6 is 11.6 Å². The lowest BCUT2D eigenvalue weighted by atomic mass is 10.1. The third-order valence-electron chi connectivity index (χ3n) is 2.84. The Morgan fingerprint density at radius 1 is 1.39 bits per heavy atom. The van der Waals surface area contributed by atoms with Gasteiger partial charge in [-0.05, 0) is 24.6 Å². The summed E-state index contributed by atoms with van der Waals surface area (Å²) < 4.78 is 0. The van der Waals surface area contributed by atoms with Gasteiger partial charge in [-0.1, -0.05) is 31.5 Å². The van der Waals surface area contributed by atoms with Crippen LogP contribution in [-0.2, 0) is 6.54 Å². The van der Waals surface area contributed by atoms with Gasteiger partial charge >= 0.3 is 0 Å². The molecule has 0 heterocycles. The molecule has 0 amide bonds. The summed E-state index contributed by atoms with van der Waals surface area (Å²) in [6.07, 6.45) is 0. The molecule has 0 spiro atoms. The maximum absolute atomic E-state index is 9.12. The summed E-state index contributed by atoms with van der Waals surface area (Å²) in [6, 6.07) is 6.38. The highest BCUT2D eigenvalue weighted by atomic mass is 35.5. The number of aliphatic hydroxyl groups excluding tert-OH is 1. The highest BCUT2D eigenvalue weighted by molar-refractivity contribution is 6.30. The Morgan fingerprint density at radius 2 is 2.11 bits per heavy atom. The molecule has 0 aliphatic heterocycles. The van der Waals surface area contributed by atoms with Crippen LogP contribution in [0.5, 0.6) is 0 Å². The Hall–Kier alpha value is -0.770. The van der Waals surface area contributed by atoms with E-state index in [-0.39, 0.29) is 6.61 Å². The summed E-state index contributed by atoms with van der Waals surface area (Å²) in [7, 11) is 0. The second-order valence-corrected chi connectivity index (χ2v) is 5.05. The van der Waals surface area contributed by atoms with E-state index in [4.69, 9.17) is 16.7 Å². The van der Waals surface area contributed by atoms with Crippen molar-refractivity contribution >= 4 is 17.3 Å². The van der Waals surface area contributed by atoms with Crippen LogP contribution in [0.1, 0.15) is 26.3 Å². The van der Waals surface area contributed by atoms with E-state index in [9.17, 15) is 0 Å². The van der Waals surface area contributed by atoms with Gasteiger partial charge in [0.25, 0.3) is 0 Å². The number of nitrogens with zero attached hydrogens (tertiary/aromatic N) is 1. The molecule has 1 rings (SSSR count). The van der Waals surface area contributed by atoms with E-state index < -0.39 is 0 Å². The molecule has 0 saturated carbocycles. The number of rotatable bonds is 7. The summed E-state index contributed by atoms with van der Waals surface area (Å²) in [5.74, 6) is 0. The first kappa shape index (κ1) is 15.3. The zero-order valence-electron chi connectivity index (χ0n) is 11.4. The normalized spacial score (nSPS) is 11.0. The minimum absolute atomic E-state index is 0.150. The molecule has 0 bridgehead atoms. The second-order valence-electron chi connectivity index (χ2n) is 4.61. The van der Waals surface area contributed by atoms with Crippen LogP contribution in [0.15, 0.2) is 18.2 Å². The van der Waals surface area contributed by atoms with Gasteiger partial charge in [-0.2, -0.15) is 0 Å². The van der Waals surface area contributed by atoms with Crippen LogP contribution in [0.3, 0.4) is 0 Å². The summed E-state index contributed by atoms with van der Waals surface area (Å²) in [5.41, 5.74) is 2.32. The monoisotopic (exact) mass is 270 g/mol. The zero-order valence-corrected chi connectivity index (χ0v) is 12.2. The van der Waals surface area contributed by atoms with Crippen LogP contribution in [0, 0.1) is 0 Å². The molecule has 1 aromatic carbocycles. The van der Waals surface area contributed by atoms with Gasteiger partial charge in [0.05, 0.1) is 6.61 Å². The quantitative estimate of drug-likeness (QED) is 0.800. The van der Waals surface area contributed by atoms with Crippen molar-refractivity contribution < 1.29 is 5.11 Å². The maximum atomic E-state index is 9.12. The minimum Gasteiger partial charge on any atom is -0.395 e. The van der Waals surface area contributed by atoms with E-state index >= 15 is 0 Å². The van der Waals surface area contributed by atoms with E-state index in [1.807, 2.05) is 18.2 Å². The highest BCUT2D eigenvalue weighted by Crippen LogP contribution is 2.25. The average molecular weight is 271 g/mol. The molecule has 0 unspecified atom stereocenters. The number of anilines is 1. The van der Waals surface area contributed by atoms with Crippen LogP contribution in [0.25, 0.3) is 0 Å². The Morgan fingerprint density at radius 3 is 2.67 bits per heavy atom. The smallest absolute Gasteiger partial charge is 0.0606 e. The van der Waals surface area contributed by atoms with E-state index in [2.05, 4.69) is 31.0 Å². The average Bonchev–Trinajstić information content (AvgIpc) is 2.34. The first-order valence-corrected chi connectivity index (χ1v) is 6.83. The summed E-state index contributed by atoms with van der Waals surface area (Å²) >= 11 is 6.07. The number of hydrogen-bond acceptors (Lipinski definition) is 3. The molecule has 0 saturated heterocycles. The third kappa shape index (κ3) is 4.48. The van der Waals surface area contributed by atoms with Gasteiger partial charge in [0.1, 0.15) is 0 Å². The maximum Gasteiger partial charge on any atom is 0.0606 e. The van der Waals surface area contributed by atoms with Crippen LogP contribution in [0.4, 0.5) is 5.69 Å². The lowest BCUT2D eigenvalue weighted by molar-refractivity contribution is 0.302. The molecular formula is C14H23ClN2O. The Bertz CT molecular complexity index is 369. The van der Waals surface area contributed by atoms with Crippen molar-refractivity contribution in [3.63, 3.8) is 0 Å². The second kappa shape index (κ2) is 7.62. The fraction of sp³-hybridized carbons (Fsp3) is 0.571. The van der Waals surface area contributed by atoms with E-state index in [0.29, 0.717) is 12.6 Å². The predicted molar refractivity (Wildman–Crippen MR) is 78.4 cm³/mol. The minimum atomic E-state index is 0.150. The fourth-order valence-corrected chi connectivity index (χ4v) is 2.03. The zero-order chi connectivity index (χ0) is 13.5. The number of hydrogen-bond donors (Lipinski definition) is 2. The van der Waals surface area contributed by atoms with E-state index in [1.54, 1.807) is 0 Å². The van der Waals surface area contributed by atoms with Gasteiger partial charge in [-0.3, -0.25) is 0 Å². The molecule has 18 heavy (non-hydrogen) atoms. The van der Waals surface area contributed by atoms with Gasteiger partial charge in [-0.15, -0.1) is 0 Å². The van der Waals surface area contributed by atoms with Gasteiger partial charge in [-0.25, -0.2) is 0 Å². The van der Waals surface area contributed by atoms with E-state index in [0.717, 1.165) is 23.8 Å². The summed E-state index contributed by atoms with van der Waals surface area (Å²) in [6.45, 7) is 8.78. The van der Waals surface area contributed by atoms with Crippen LogP contribution < -0.4 is 10.2 Å². The van der Waals surface area contributed by atoms with Crippen molar-refractivity contribution in [1.82, 2.24) is 5.32 Å². The SMILES string of the molecule is CCN(CCO)c1cc(Cl)ccc1CNC(C)C. The third-order valence-corrected chi connectivity index (χ3v) is 3.08. The molecule has 0 fully saturated rings. The van der Waals surface area contributed by atoms with Gasteiger partial charge in [0, 0.05) is 36.4 Å². The topological polar surface area (TPSA) is 35.5 Å². The molecule has 2 N–H and O–H groups in total. The summed E-state index contributed by atoms with van der Waals surface area (Å²) in [4.78, 5) is 2.14. The molecule has 0 radical (unpaired) electrons. The molecule has 0 aromatic heterocycles. The lowest BCUT2D eigenvalue weighted by Crippen LogP contribution is -2.29. The molecule has 3 nitrogen and oxygen atoms in total. The molecule has 4 heteroatoms. The summed E-state index contributed by atoms with van der Waals surface area (Å²) in [5, 5.41) is 13.3.